The second-order valence-electron chi connectivity index (χ2n) is 2.43. The molecule has 0 amide bonds. The fourth-order valence-corrected chi connectivity index (χ4v) is 0.910. The van der Waals surface area contributed by atoms with Crippen LogP contribution in [0.25, 0.3) is 0 Å². The van der Waals surface area contributed by atoms with Crippen LogP contribution in [-0.2, 0) is 13.9 Å². The van der Waals surface area contributed by atoms with Crippen molar-refractivity contribution in [1.29, 1.82) is 0 Å². The molecule has 0 saturated heterocycles. The minimum absolute atomic E-state index is 0. The van der Waals surface area contributed by atoms with E-state index in [1.165, 1.54) is 0 Å². The van der Waals surface area contributed by atoms with E-state index in [0.717, 1.165) is 0 Å². The van der Waals surface area contributed by atoms with Crippen molar-refractivity contribution in [1.82, 2.24) is 0 Å². The van der Waals surface area contributed by atoms with Crippen LogP contribution < -0.4 is 9.79 Å². The van der Waals surface area contributed by atoms with Gasteiger partial charge in [-0.3, -0.25) is 0 Å². The van der Waals surface area contributed by atoms with E-state index >= 15 is 0 Å². The van der Waals surface area contributed by atoms with Gasteiger partial charge in [0.25, 0.3) is 0 Å². The van der Waals surface area contributed by atoms with Gasteiger partial charge in [0.2, 0.25) is 0 Å². The van der Waals surface area contributed by atoms with Gasteiger partial charge >= 0.3 is 48.9 Å². The first-order valence-corrected chi connectivity index (χ1v) is 4.90. The maximum absolute atomic E-state index is 9.92. The number of aldehydes is 1. The van der Waals surface area contributed by atoms with Gasteiger partial charge in [-0.05, 0) is 0 Å². The molecule has 8 nitrogen and oxygen atoms in total. The molecule has 84 valence electrons. The van der Waals surface area contributed by atoms with E-state index < -0.39 is 32.7 Å². The van der Waals surface area contributed by atoms with Crippen molar-refractivity contribution in [3.05, 3.63) is 0 Å². The number of rotatable bonds is 6. The quantitative estimate of drug-likeness (QED) is 0.243. The molecule has 0 aromatic rings. The summed E-state index contributed by atoms with van der Waals surface area (Å²) in [6.45, 7) is -1.02. The Bertz CT molecular complexity index is 229. The number of carbonyl (C=O) groups is 1. The molecule has 10 heteroatoms. The topological polar surface area (TPSA) is 150 Å². The Labute approximate surface area is 126 Å². The van der Waals surface area contributed by atoms with Crippen LogP contribution in [0.3, 0.4) is 0 Å². The Balaban J connectivity index is 0. The summed E-state index contributed by atoms with van der Waals surface area (Å²) in [5.41, 5.74) is 0. The van der Waals surface area contributed by atoms with Crippen LogP contribution in [0.4, 0.5) is 0 Å². The van der Waals surface area contributed by atoms with Crippen LogP contribution in [0, 0.1) is 0 Å². The number of aliphatic hydroxyl groups excluding tert-OH is 3. The Morgan fingerprint density at radius 1 is 1.33 bits per heavy atom. The van der Waals surface area contributed by atoms with Gasteiger partial charge in [0.1, 0.15) is 18.3 Å². The summed E-state index contributed by atoms with van der Waals surface area (Å²) in [4.78, 5) is 29.8. The fourth-order valence-electron chi connectivity index (χ4n) is 0.574. The zero-order valence-electron chi connectivity index (χ0n) is 7.55. The van der Waals surface area contributed by atoms with Crippen molar-refractivity contribution in [2.75, 3.05) is 6.61 Å². The van der Waals surface area contributed by atoms with Gasteiger partial charge in [0.15, 0.2) is 6.29 Å². The summed E-state index contributed by atoms with van der Waals surface area (Å²) in [5.74, 6) is 0. The van der Waals surface area contributed by atoms with Crippen LogP contribution in [-0.4, -0.2) is 95.4 Å². The van der Waals surface area contributed by atoms with E-state index in [0.29, 0.717) is 0 Å². The van der Waals surface area contributed by atoms with Crippen molar-refractivity contribution in [2.24, 2.45) is 0 Å². The predicted octanol–water partition coefficient (Wildman–Crippen LogP) is -4.27. The molecule has 0 radical (unpaired) electrons. The Morgan fingerprint density at radius 2 is 1.80 bits per heavy atom. The van der Waals surface area contributed by atoms with Crippen molar-refractivity contribution in [2.45, 2.75) is 18.3 Å². The monoisotopic (exact) mass is 366 g/mol. The van der Waals surface area contributed by atoms with Crippen LogP contribution in [0.15, 0.2) is 0 Å². The molecule has 0 aromatic heterocycles. The van der Waals surface area contributed by atoms with Crippen molar-refractivity contribution in [3.8, 4) is 0 Å². The molecule has 0 rings (SSSR count). The summed E-state index contributed by atoms with van der Waals surface area (Å²) < 4.78 is 13.5. The zero-order valence-corrected chi connectivity index (χ0v) is 12.9. The van der Waals surface area contributed by atoms with Crippen LogP contribution in [0.1, 0.15) is 0 Å². The molecule has 0 aliphatic rings. The molecule has 0 aliphatic carbocycles. The average Bonchev–Trinajstić information content (AvgIpc) is 2.10. The molecular weight excluding hydrogens is 356 g/mol. The van der Waals surface area contributed by atoms with E-state index in [2.05, 4.69) is 4.52 Å². The Morgan fingerprint density at radius 3 is 2.13 bits per heavy atom. The molecule has 0 fully saturated rings. The zero-order chi connectivity index (χ0) is 11.4. The molecule has 3 N–H and O–H groups in total. The van der Waals surface area contributed by atoms with E-state index in [-0.39, 0.29) is 55.2 Å². The summed E-state index contributed by atoms with van der Waals surface area (Å²) in [5, 5.41) is 26.4. The van der Waals surface area contributed by atoms with Crippen molar-refractivity contribution < 1.29 is 39.0 Å². The third kappa shape index (κ3) is 8.98. The van der Waals surface area contributed by atoms with Gasteiger partial charge in [-0.2, -0.15) is 0 Å². The first-order valence-electron chi connectivity index (χ1n) is 3.44. The number of phosphoric ester groups is 1. The molecule has 0 heterocycles. The average molecular weight is 365 g/mol. The summed E-state index contributed by atoms with van der Waals surface area (Å²) in [6.07, 6.45) is -5.67. The van der Waals surface area contributed by atoms with Gasteiger partial charge in [-0.25, -0.2) is 0 Å². The Hall–Kier alpha value is 1.23. The molecule has 0 aliphatic heterocycles. The smallest absolute Gasteiger partial charge is 0.790 e. The molecule has 0 spiro atoms. The predicted molar refractivity (Wildman–Crippen MR) is 43.4 cm³/mol. The maximum atomic E-state index is 9.92. The summed E-state index contributed by atoms with van der Waals surface area (Å²) in [7, 11) is -5.24. The second kappa shape index (κ2) is 8.34. The standard InChI is InChI=1S/C5H11O8P.Ba/c6-1-3(7)5(9)4(8)2-13-14(10,11)12;/h1,3-5,7-9H,2H2,(H2,10,11,12);/q;+2/p-2/t3-,4+,5-;/m0./s1. The third-order valence-electron chi connectivity index (χ3n) is 1.29. The first kappa shape index (κ1) is 18.6. The number of phosphoric acid groups is 1. The number of carbonyl (C=O) groups excluding carboxylic acids is 1. The first-order chi connectivity index (χ1) is 6.28. The van der Waals surface area contributed by atoms with Gasteiger partial charge < -0.3 is 39.0 Å². The minimum atomic E-state index is -5.24. The van der Waals surface area contributed by atoms with E-state index in [9.17, 15) is 19.1 Å². The third-order valence-corrected chi connectivity index (χ3v) is 1.75. The maximum Gasteiger partial charge on any atom is 2.00 e. The van der Waals surface area contributed by atoms with E-state index in [1.807, 2.05) is 0 Å². The molecule has 0 unspecified atom stereocenters. The van der Waals surface area contributed by atoms with Crippen molar-refractivity contribution in [3.63, 3.8) is 0 Å². The van der Waals surface area contributed by atoms with E-state index in [1.54, 1.807) is 0 Å². The van der Waals surface area contributed by atoms with Crippen LogP contribution in [0.2, 0.25) is 0 Å². The molecule has 0 saturated carbocycles. The van der Waals surface area contributed by atoms with Crippen LogP contribution >= 0.6 is 7.82 Å². The van der Waals surface area contributed by atoms with Gasteiger partial charge in [-0.1, -0.05) is 0 Å². The van der Waals surface area contributed by atoms with Gasteiger partial charge in [0, 0.05) is 0 Å². The molecule has 0 bridgehead atoms. The largest absolute Gasteiger partial charge is 2.00 e. The van der Waals surface area contributed by atoms with E-state index in [4.69, 9.17) is 15.3 Å². The molecule has 0 aromatic carbocycles. The minimum Gasteiger partial charge on any atom is -0.790 e. The molecular formula is C5H9BaO8P. The second-order valence-corrected chi connectivity index (χ2v) is 3.58. The van der Waals surface area contributed by atoms with Gasteiger partial charge in [-0.15, -0.1) is 0 Å². The SMILES string of the molecule is O=C[C@H](O)[C@H](O)[C@H](O)COP(=O)([O-])[O-].[Ba+2]. The molecule has 15 heavy (non-hydrogen) atoms. The normalized spacial score (nSPS) is 17.4. The number of hydrogen-bond acceptors (Lipinski definition) is 8. The van der Waals surface area contributed by atoms with Crippen LogP contribution in [0.5, 0.6) is 0 Å². The summed E-state index contributed by atoms with van der Waals surface area (Å²) in [6, 6.07) is 0. The summed E-state index contributed by atoms with van der Waals surface area (Å²) >= 11 is 0. The van der Waals surface area contributed by atoms with Crippen molar-refractivity contribution >= 4 is 63.0 Å². The Kier molecular flexibility index (Phi) is 10.3. The fraction of sp³-hybridized carbons (Fsp3) is 0.800. The number of aliphatic hydroxyl groups is 3. The van der Waals surface area contributed by atoms with Gasteiger partial charge in [0.05, 0.1) is 14.4 Å². The number of hydrogen-bond donors (Lipinski definition) is 3. The molecule has 3 atom stereocenters.